The molecule has 10 nitrogen and oxygen atoms in total. The van der Waals surface area contributed by atoms with Crippen LogP contribution in [-0.4, -0.2) is 52.7 Å². The van der Waals surface area contributed by atoms with E-state index in [0.717, 1.165) is 11.8 Å². The topological polar surface area (TPSA) is 143 Å². The van der Waals surface area contributed by atoms with Gasteiger partial charge in [0.15, 0.2) is 9.84 Å². The Morgan fingerprint density at radius 2 is 2.00 bits per heavy atom. The second kappa shape index (κ2) is 8.36. The van der Waals surface area contributed by atoms with Crippen molar-refractivity contribution in [1.29, 1.82) is 0 Å². The molecule has 11 heteroatoms. The summed E-state index contributed by atoms with van der Waals surface area (Å²) in [5.74, 6) is 0.588. The monoisotopic (exact) mass is 445 g/mol. The van der Waals surface area contributed by atoms with E-state index in [1.807, 2.05) is 4.90 Å². The fourth-order valence-corrected chi connectivity index (χ4v) is 4.27. The van der Waals surface area contributed by atoms with Crippen LogP contribution >= 0.6 is 0 Å². The quantitative estimate of drug-likeness (QED) is 0.542. The smallest absolute Gasteiger partial charge is 0.244 e. The van der Waals surface area contributed by atoms with Crippen molar-refractivity contribution in [1.82, 2.24) is 15.0 Å². The Morgan fingerprint density at radius 1 is 1.26 bits per heavy atom. The number of aliphatic hydroxyl groups excluding tert-OH is 1. The first-order valence-electron chi connectivity index (χ1n) is 9.52. The lowest BCUT2D eigenvalue weighted by Crippen LogP contribution is -2.24. The van der Waals surface area contributed by atoms with Crippen molar-refractivity contribution in [2.45, 2.75) is 30.0 Å². The first-order chi connectivity index (χ1) is 14.7. The zero-order valence-corrected chi connectivity index (χ0v) is 17.4. The van der Waals surface area contributed by atoms with E-state index in [0.29, 0.717) is 31.0 Å². The summed E-state index contributed by atoms with van der Waals surface area (Å²) < 4.78 is 28.7. The van der Waals surface area contributed by atoms with Crippen molar-refractivity contribution in [2.24, 2.45) is 0 Å². The van der Waals surface area contributed by atoms with Gasteiger partial charge in [-0.2, -0.15) is 4.98 Å². The number of likely N-dealkylation sites (tertiary alicyclic amines) is 1. The number of nitrogens with zero attached hydrogens (tertiary/aromatic N) is 4. The van der Waals surface area contributed by atoms with Gasteiger partial charge in [-0.3, -0.25) is 10.1 Å². The maximum atomic E-state index is 11.6. The Balaban J connectivity index is 1.54. The molecule has 3 aromatic rings. The molecule has 31 heavy (non-hydrogen) atoms. The summed E-state index contributed by atoms with van der Waals surface area (Å²) in [6.07, 6.45) is 1.00. The molecule has 1 aliphatic rings. The molecule has 0 saturated carbocycles. The number of sulfone groups is 1. The van der Waals surface area contributed by atoms with Gasteiger partial charge in [-0.25, -0.2) is 8.42 Å². The molecular weight excluding hydrogens is 424 g/mol. The summed E-state index contributed by atoms with van der Waals surface area (Å²) in [4.78, 5) is 6.66. The van der Waals surface area contributed by atoms with Crippen molar-refractivity contribution in [3.8, 4) is 11.4 Å². The number of rotatable bonds is 6. The molecule has 0 aliphatic carbocycles. The molecule has 0 radical (unpaired) electrons. The van der Waals surface area contributed by atoms with Crippen molar-refractivity contribution in [3.05, 3.63) is 65.2 Å². The van der Waals surface area contributed by atoms with Crippen molar-refractivity contribution in [2.75, 3.05) is 18.0 Å². The van der Waals surface area contributed by atoms with Crippen LogP contribution in [0.2, 0.25) is 0 Å². The highest BCUT2D eigenvalue weighted by Crippen LogP contribution is 2.34. The molecule has 0 amide bonds. The molecule has 2 aromatic carbocycles. The minimum Gasteiger partial charge on any atom is -0.733 e. The molecule has 4 rings (SSSR count). The van der Waals surface area contributed by atoms with Crippen LogP contribution in [0.25, 0.3) is 11.4 Å². The molecule has 2 N–H and O–H groups in total. The molecule has 2 atom stereocenters. The Labute approximate surface area is 178 Å². The number of aromatic nitrogens is 2. The molecule has 1 aliphatic heterocycles. The van der Waals surface area contributed by atoms with E-state index >= 15 is 0 Å². The fourth-order valence-electron chi connectivity index (χ4n) is 3.64. The number of hydrogen-bond acceptors (Lipinski definition) is 10. The second-order valence-corrected chi connectivity index (χ2v) is 9.55. The third kappa shape index (κ3) is 4.75. The fraction of sp³-hybridized carbons (Fsp3) is 0.300. The van der Waals surface area contributed by atoms with E-state index in [1.54, 1.807) is 36.4 Å². The number of benzene rings is 2. The highest BCUT2D eigenvalue weighted by Gasteiger charge is 2.36. The predicted octanol–water partition coefficient (Wildman–Crippen LogP) is 2.14. The SMILES string of the molecule is CS(=O)(=O)c1ccc(CN2CC(O)CC2c2nc(-c3cccc(N([O-])O)c3)no2)cc1. The standard InChI is InChI=1S/C20H21N4O6S/c1-31(28,29)17-7-5-13(6-8-17)11-23-12-16(25)10-18(23)20-21-19(22-30-20)14-3-2-4-15(9-14)24(26)27/h2-9,16,18,25-26H,10-12H2,1H3/q-1. The maximum Gasteiger partial charge on any atom is 0.244 e. The second-order valence-electron chi connectivity index (χ2n) is 7.53. The van der Waals surface area contributed by atoms with Crippen LogP contribution in [0.3, 0.4) is 0 Å². The van der Waals surface area contributed by atoms with Crippen molar-refractivity contribution >= 4 is 15.5 Å². The zero-order valence-electron chi connectivity index (χ0n) is 16.6. The maximum absolute atomic E-state index is 11.6. The van der Waals surface area contributed by atoms with Gasteiger partial charge in [0, 0.05) is 24.9 Å². The van der Waals surface area contributed by atoms with Gasteiger partial charge in [0.05, 0.1) is 22.7 Å². The van der Waals surface area contributed by atoms with E-state index in [-0.39, 0.29) is 27.7 Å². The van der Waals surface area contributed by atoms with E-state index in [9.17, 15) is 18.7 Å². The first-order valence-corrected chi connectivity index (χ1v) is 11.4. The summed E-state index contributed by atoms with van der Waals surface area (Å²) >= 11 is 0. The molecule has 1 fully saturated rings. The number of β-amino-alcohol motifs (C(OH)–C–C–N with tert-alkyl or cyclic N) is 1. The average molecular weight is 445 g/mol. The van der Waals surface area contributed by atoms with E-state index < -0.39 is 15.9 Å². The first kappa shape index (κ1) is 21.4. The normalized spacial score (nSPS) is 19.6. The Morgan fingerprint density at radius 3 is 2.68 bits per heavy atom. The van der Waals surface area contributed by atoms with Gasteiger partial charge >= 0.3 is 0 Å². The summed E-state index contributed by atoms with van der Waals surface area (Å²) in [6.45, 7) is 0.871. The minimum atomic E-state index is -3.27. The lowest BCUT2D eigenvalue weighted by Gasteiger charge is -2.21. The van der Waals surface area contributed by atoms with Crippen LogP contribution in [0, 0.1) is 5.21 Å². The molecule has 2 unspecified atom stereocenters. The molecule has 1 aromatic heterocycles. The third-order valence-corrected chi connectivity index (χ3v) is 6.30. The predicted molar refractivity (Wildman–Crippen MR) is 111 cm³/mol. The number of anilines is 1. The summed E-state index contributed by atoms with van der Waals surface area (Å²) in [7, 11) is -3.27. The summed E-state index contributed by atoms with van der Waals surface area (Å²) in [5.41, 5.74) is 1.43. The number of aliphatic hydroxyl groups is 1. The van der Waals surface area contributed by atoms with Crippen LogP contribution in [0.1, 0.15) is 23.9 Å². The summed E-state index contributed by atoms with van der Waals surface area (Å²) in [5, 5.41) is 34.1. The van der Waals surface area contributed by atoms with E-state index in [4.69, 9.17) is 9.73 Å². The van der Waals surface area contributed by atoms with Crippen LogP contribution in [0.5, 0.6) is 0 Å². The Bertz CT molecular complexity index is 1160. The molecule has 0 spiro atoms. The van der Waals surface area contributed by atoms with E-state index in [1.165, 1.54) is 12.1 Å². The zero-order chi connectivity index (χ0) is 22.2. The van der Waals surface area contributed by atoms with Crippen LogP contribution in [-0.2, 0) is 16.4 Å². The van der Waals surface area contributed by atoms with Gasteiger partial charge in [0.2, 0.25) is 11.7 Å². The molecule has 1 saturated heterocycles. The highest BCUT2D eigenvalue weighted by atomic mass is 32.2. The van der Waals surface area contributed by atoms with Crippen molar-refractivity contribution in [3.63, 3.8) is 0 Å². The van der Waals surface area contributed by atoms with Gasteiger partial charge in [0.1, 0.15) is 0 Å². The lowest BCUT2D eigenvalue weighted by molar-refractivity contribution is 0.169. The van der Waals surface area contributed by atoms with E-state index in [2.05, 4.69) is 10.1 Å². The van der Waals surface area contributed by atoms with Crippen LogP contribution < -0.4 is 5.23 Å². The van der Waals surface area contributed by atoms with Gasteiger partial charge in [-0.15, -0.1) is 0 Å². The molecule has 0 bridgehead atoms. The van der Waals surface area contributed by atoms with Gasteiger partial charge in [-0.05, 0) is 36.2 Å². The van der Waals surface area contributed by atoms with Gasteiger partial charge in [0.25, 0.3) is 0 Å². The Kier molecular flexibility index (Phi) is 5.77. The highest BCUT2D eigenvalue weighted by molar-refractivity contribution is 7.90. The van der Waals surface area contributed by atoms with Crippen LogP contribution in [0.15, 0.2) is 57.9 Å². The molecular formula is C20H21N4O6S-. The summed E-state index contributed by atoms with van der Waals surface area (Å²) in [6, 6.07) is 12.4. The number of hydrogen-bond donors (Lipinski definition) is 2. The largest absolute Gasteiger partial charge is 0.733 e. The van der Waals surface area contributed by atoms with Crippen LogP contribution in [0.4, 0.5) is 5.69 Å². The lowest BCUT2D eigenvalue weighted by atomic mass is 10.1. The van der Waals surface area contributed by atoms with Crippen molar-refractivity contribution < 1.29 is 23.3 Å². The molecule has 164 valence electrons. The minimum absolute atomic E-state index is 0.0410. The molecule has 2 heterocycles. The third-order valence-electron chi connectivity index (χ3n) is 5.17. The van der Waals surface area contributed by atoms with Gasteiger partial charge in [-0.1, -0.05) is 29.4 Å². The average Bonchev–Trinajstić information content (AvgIpc) is 3.34. The van der Waals surface area contributed by atoms with Gasteiger partial charge < -0.3 is 20.1 Å². The Hall–Kier alpha value is -2.83.